The van der Waals surface area contributed by atoms with Gasteiger partial charge in [-0.1, -0.05) is 27.2 Å². The predicted octanol–water partition coefficient (Wildman–Crippen LogP) is 3.15. The topological polar surface area (TPSA) is 73.1 Å². The van der Waals surface area contributed by atoms with Crippen molar-refractivity contribution in [2.24, 2.45) is 11.3 Å². The summed E-state index contributed by atoms with van der Waals surface area (Å²) in [6.07, 6.45) is 5.49. The number of nitrogens with one attached hydrogen (secondary N) is 1. The molecule has 3 N–H and O–H groups in total. The number of nitrogens with zero attached hydrogens (tertiary/aromatic N) is 2. The molecule has 1 aliphatic rings. The predicted molar refractivity (Wildman–Crippen MR) is 84.9 cm³/mol. The number of ether oxygens (including phenoxy) is 1. The Morgan fingerprint density at radius 1 is 1.19 bits per heavy atom. The van der Waals surface area contributed by atoms with E-state index in [4.69, 9.17) is 15.6 Å². The fourth-order valence-electron chi connectivity index (χ4n) is 2.91. The van der Waals surface area contributed by atoms with Gasteiger partial charge in [-0.3, -0.25) is 0 Å². The zero-order valence-corrected chi connectivity index (χ0v) is 13.7. The molecular weight excluding hydrogens is 264 g/mol. The van der Waals surface area contributed by atoms with Crippen LogP contribution in [-0.2, 0) is 17.6 Å². The van der Waals surface area contributed by atoms with Gasteiger partial charge in [0.2, 0.25) is 0 Å². The molecule has 1 aromatic rings. The Balaban J connectivity index is 2.46. The first kappa shape index (κ1) is 16.2. The van der Waals surface area contributed by atoms with Gasteiger partial charge >= 0.3 is 0 Å². The molecule has 118 valence electrons. The van der Waals surface area contributed by atoms with Crippen LogP contribution in [0.3, 0.4) is 0 Å². The molecule has 5 heteroatoms. The molecule has 1 aromatic heterocycles. The molecule has 0 aliphatic heterocycles. The number of anilines is 1. The molecular formula is C16H28N4O. The van der Waals surface area contributed by atoms with Crippen LogP contribution in [0.4, 0.5) is 5.82 Å². The monoisotopic (exact) mass is 292 g/mol. The molecule has 0 amide bonds. The van der Waals surface area contributed by atoms with Gasteiger partial charge in [-0.05, 0) is 38.0 Å². The van der Waals surface area contributed by atoms with Crippen LogP contribution in [-0.4, -0.2) is 16.6 Å². The van der Waals surface area contributed by atoms with Crippen LogP contribution < -0.4 is 11.3 Å². The number of aromatic nitrogens is 2. The summed E-state index contributed by atoms with van der Waals surface area (Å²) in [5, 5.41) is 0. The van der Waals surface area contributed by atoms with E-state index in [1.165, 1.54) is 24.8 Å². The van der Waals surface area contributed by atoms with E-state index in [1.807, 2.05) is 6.92 Å². The molecule has 0 spiro atoms. The summed E-state index contributed by atoms with van der Waals surface area (Å²) in [5.41, 5.74) is 5.03. The van der Waals surface area contributed by atoms with Gasteiger partial charge in [0.1, 0.15) is 11.9 Å². The number of nitrogen functional groups attached to an aromatic ring is 1. The molecule has 1 aliphatic carbocycles. The smallest absolute Gasteiger partial charge is 0.160 e. The summed E-state index contributed by atoms with van der Waals surface area (Å²) >= 11 is 0. The van der Waals surface area contributed by atoms with Crippen LogP contribution in [0, 0.1) is 5.41 Å². The van der Waals surface area contributed by atoms with Gasteiger partial charge < -0.3 is 10.2 Å². The second-order valence-corrected chi connectivity index (χ2v) is 6.76. The zero-order valence-electron chi connectivity index (χ0n) is 13.7. The number of fused-ring (bicyclic) bond motifs is 1. The Morgan fingerprint density at radius 2 is 1.90 bits per heavy atom. The summed E-state index contributed by atoms with van der Waals surface area (Å²) in [6, 6.07) is 0. The van der Waals surface area contributed by atoms with Crippen molar-refractivity contribution in [3.8, 4) is 0 Å². The van der Waals surface area contributed by atoms with Crippen LogP contribution >= 0.6 is 0 Å². The molecule has 0 aromatic carbocycles. The second kappa shape index (κ2) is 6.71. The Kier molecular flexibility index (Phi) is 5.17. The number of nitrogens with two attached hydrogens (primary N) is 1. The molecule has 0 saturated carbocycles. The van der Waals surface area contributed by atoms with Crippen LogP contribution in [0.2, 0.25) is 0 Å². The highest BCUT2D eigenvalue weighted by Gasteiger charge is 2.31. The van der Waals surface area contributed by atoms with Crippen molar-refractivity contribution in [2.75, 3.05) is 12.0 Å². The lowest BCUT2D eigenvalue weighted by Crippen LogP contribution is -2.25. The minimum absolute atomic E-state index is 0.0547. The Morgan fingerprint density at radius 3 is 2.52 bits per heavy atom. The highest BCUT2D eigenvalue weighted by atomic mass is 16.5. The number of hydrazine groups is 1. The van der Waals surface area contributed by atoms with Crippen LogP contribution in [0.1, 0.15) is 70.1 Å². The first-order chi connectivity index (χ1) is 9.97. The SMILES string of the molecule is CCOC(c1nc2c(c(NN)n1)CCCCC2)C(C)(C)C. The summed E-state index contributed by atoms with van der Waals surface area (Å²) in [6.45, 7) is 9.10. The number of hydrogen-bond acceptors (Lipinski definition) is 5. The zero-order chi connectivity index (χ0) is 15.5. The van der Waals surface area contributed by atoms with E-state index in [2.05, 4.69) is 31.2 Å². The van der Waals surface area contributed by atoms with Crippen molar-refractivity contribution in [1.29, 1.82) is 0 Å². The maximum atomic E-state index is 5.92. The molecule has 0 bridgehead atoms. The number of hydrogen-bond donors (Lipinski definition) is 2. The van der Waals surface area contributed by atoms with E-state index < -0.39 is 0 Å². The largest absolute Gasteiger partial charge is 0.370 e. The molecule has 0 radical (unpaired) electrons. The molecule has 0 saturated heterocycles. The van der Waals surface area contributed by atoms with E-state index in [-0.39, 0.29) is 11.5 Å². The summed E-state index contributed by atoms with van der Waals surface area (Å²) in [4.78, 5) is 9.50. The van der Waals surface area contributed by atoms with Crippen molar-refractivity contribution in [2.45, 2.75) is 65.9 Å². The molecule has 5 nitrogen and oxygen atoms in total. The first-order valence-electron chi connectivity index (χ1n) is 7.95. The number of rotatable bonds is 4. The van der Waals surface area contributed by atoms with Crippen molar-refractivity contribution >= 4 is 5.82 Å². The molecule has 1 atom stereocenters. The van der Waals surface area contributed by atoms with E-state index in [1.54, 1.807) is 0 Å². The Bertz CT molecular complexity index is 482. The fourth-order valence-corrected chi connectivity index (χ4v) is 2.91. The van der Waals surface area contributed by atoms with E-state index in [0.29, 0.717) is 6.61 Å². The maximum absolute atomic E-state index is 5.92. The first-order valence-corrected chi connectivity index (χ1v) is 7.95. The van der Waals surface area contributed by atoms with Crippen LogP contribution in [0.15, 0.2) is 0 Å². The lowest BCUT2D eigenvalue weighted by molar-refractivity contribution is -0.0191. The van der Waals surface area contributed by atoms with Gasteiger partial charge in [-0.25, -0.2) is 15.8 Å². The van der Waals surface area contributed by atoms with Gasteiger partial charge in [-0.15, -0.1) is 0 Å². The third-order valence-electron chi connectivity index (χ3n) is 3.94. The summed E-state index contributed by atoms with van der Waals surface area (Å²) < 4.78 is 5.92. The lowest BCUT2D eigenvalue weighted by atomic mass is 9.88. The highest BCUT2D eigenvalue weighted by Crippen LogP contribution is 2.36. The minimum atomic E-state index is -0.122. The normalized spacial score (nSPS) is 17.0. The van der Waals surface area contributed by atoms with Crippen molar-refractivity contribution in [3.63, 3.8) is 0 Å². The van der Waals surface area contributed by atoms with Crippen LogP contribution in [0.5, 0.6) is 0 Å². The van der Waals surface area contributed by atoms with Crippen molar-refractivity contribution in [3.05, 3.63) is 17.1 Å². The van der Waals surface area contributed by atoms with Gasteiger partial charge in [0, 0.05) is 17.9 Å². The maximum Gasteiger partial charge on any atom is 0.160 e. The van der Waals surface area contributed by atoms with E-state index in [9.17, 15) is 0 Å². The van der Waals surface area contributed by atoms with Gasteiger partial charge in [0.25, 0.3) is 0 Å². The van der Waals surface area contributed by atoms with Gasteiger partial charge in [-0.2, -0.15) is 0 Å². The molecule has 1 unspecified atom stereocenters. The minimum Gasteiger partial charge on any atom is -0.370 e. The standard InChI is InChI=1S/C16H28N4O/c1-5-21-13(16(2,3)4)15-18-12-10-8-6-7-9-11(12)14(19-15)20-17/h13H,5-10,17H2,1-4H3,(H,18,19,20). The second-order valence-electron chi connectivity index (χ2n) is 6.76. The Hall–Kier alpha value is -1.20. The van der Waals surface area contributed by atoms with Gasteiger partial charge in [0.15, 0.2) is 5.82 Å². The third-order valence-corrected chi connectivity index (χ3v) is 3.94. The number of aryl methyl sites for hydroxylation is 1. The molecule has 1 heterocycles. The lowest BCUT2D eigenvalue weighted by Gasteiger charge is -2.30. The van der Waals surface area contributed by atoms with Crippen LogP contribution in [0.25, 0.3) is 0 Å². The summed E-state index contributed by atoms with van der Waals surface area (Å²) in [7, 11) is 0. The highest BCUT2D eigenvalue weighted by molar-refractivity contribution is 5.46. The molecule has 0 fully saturated rings. The Labute approximate surface area is 127 Å². The third kappa shape index (κ3) is 3.71. The van der Waals surface area contributed by atoms with Crippen molar-refractivity contribution < 1.29 is 4.74 Å². The summed E-state index contributed by atoms with van der Waals surface area (Å²) in [5.74, 6) is 7.21. The molecule has 21 heavy (non-hydrogen) atoms. The van der Waals surface area contributed by atoms with E-state index in [0.717, 1.165) is 30.2 Å². The average Bonchev–Trinajstić information content (AvgIpc) is 2.67. The van der Waals surface area contributed by atoms with Crippen molar-refractivity contribution in [1.82, 2.24) is 9.97 Å². The van der Waals surface area contributed by atoms with E-state index >= 15 is 0 Å². The average molecular weight is 292 g/mol. The van der Waals surface area contributed by atoms with Gasteiger partial charge in [0.05, 0.1) is 0 Å². The quantitative estimate of drug-likeness (QED) is 0.506. The molecule has 2 rings (SSSR count). The fraction of sp³-hybridized carbons (Fsp3) is 0.750.